The second kappa shape index (κ2) is 8.55. The first-order valence-electron chi connectivity index (χ1n) is 8.51. The maximum absolute atomic E-state index is 12.4. The van der Waals surface area contributed by atoms with Gasteiger partial charge in [-0.25, -0.2) is 9.78 Å². The Labute approximate surface area is 161 Å². The summed E-state index contributed by atoms with van der Waals surface area (Å²) in [5.41, 5.74) is 2.03. The van der Waals surface area contributed by atoms with Crippen molar-refractivity contribution in [2.45, 2.75) is 13.8 Å². The third-order valence-electron chi connectivity index (χ3n) is 3.88. The van der Waals surface area contributed by atoms with Crippen LogP contribution in [0.15, 0.2) is 54.7 Å². The van der Waals surface area contributed by atoms with Gasteiger partial charge in [0, 0.05) is 18.4 Å². The van der Waals surface area contributed by atoms with E-state index in [1.54, 1.807) is 18.0 Å². The van der Waals surface area contributed by atoms with Crippen molar-refractivity contribution in [2.24, 2.45) is 0 Å². The van der Waals surface area contributed by atoms with Gasteiger partial charge in [-0.1, -0.05) is 24.3 Å². The molecule has 0 atom stereocenters. The van der Waals surface area contributed by atoms with Crippen molar-refractivity contribution < 1.29 is 14.3 Å². The molecule has 0 aliphatic rings. The Morgan fingerprint density at radius 3 is 2.52 bits per heavy atom. The summed E-state index contributed by atoms with van der Waals surface area (Å²) < 4.78 is 5.24. The van der Waals surface area contributed by atoms with E-state index >= 15 is 0 Å². The number of carbonyl (C=O) groups is 2. The highest BCUT2D eigenvalue weighted by Gasteiger charge is 2.21. The highest BCUT2D eigenvalue weighted by Crippen LogP contribution is 2.27. The number of nitrogens with zero attached hydrogens (tertiary/aromatic N) is 3. The van der Waals surface area contributed by atoms with Gasteiger partial charge in [-0.2, -0.15) is 0 Å². The van der Waals surface area contributed by atoms with Crippen molar-refractivity contribution in [3.8, 4) is 10.7 Å². The lowest BCUT2D eigenvalue weighted by Crippen LogP contribution is -2.34. The van der Waals surface area contributed by atoms with Gasteiger partial charge in [-0.3, -0.25) is 9.78 Å². The van der Waals surface area contributed by atoms with E-state index in [1.807, 2.05) is 55.5 Å². The second-order valence-electron chi connectivity index (χ2n) is 5.70. The minimum atomic E-state index is -0.551. The Balaban J connectivity index is 1.67. The number of benzene rings is 1. The van der Waals surface area contributed by atoms with Crippen LogP contribution in [0.2, 0.25) is 0 Å². The highest BCUT2D eigenvalue weighted by atomic mass is 32.1. The van der Waals surface area contributed by atoms with Crippen LogP contribution in [-0.2, 0) is 9.53 Å². The van der Waals surface area contributed by atoms with Crippen molar-refractivity contribution in [3.63, 3.8) is 0 Å². The number of esters is 1. The first-order chi connectivity index (χ1) is 13.1. The molecule has 3 rings (SSSR count). The van der Waals surface area contributed by atoms with Crippen LogP contribution in [0, 0.1) is 6.92 Å². The Bertz CT molecular complexity index is 926. The number of aryl methyl sites for hydroxylation is 1. The summed E-state index contributed by atoms with van der Waals surface area (Å²) in [5.74, 6) is -0.825. The number of aromatic nitrogens is 2. The topological polar surface area (TPSA) is 72.4 Å². The summed E-state index contributed by atoms with van der Waals surface area (Å²) in [6.07, 6.45) is 1.67. The summed E-state index contributed by atoms with van der Waals surface area (Å²) in [4.78, 5) is 35.5. The van der Waals surface area contributed by atoms with Crippen molar-refractivity contribution in [3.05, 3.63) is 65.3 Å². The van der Waals surface area contributed by atoms with Crippen LogP contribution < -0.4 is 4.90 Å². The fraction of sp³-hybridized carbons (Fsp3) is 0.200. The summed E-state index contributed by atoms with van der Waals surface area (Å²) >= 11 is 1.21. The van der Waals surface area contributed by atoms with Gasteiger partial charge in [0.1, 0.15) is 9.88 Å². The van der Waals surface area contributed by atoms with E-state index in [0.717, 1.165) is 5.69 Å². The predicted octanol–water partition coefficient (Wildman–Crippen LogP) is 3.72. The van der Waals surface area contributed by atoms with Gasteiger partial charge in [-0.05, 0) is 38.1 Å². The van der Waals surface area contributed by atoms with Crippen LogP contribution in [0.25, 0.3) is 10.7 Å². The van der Waals surface area contributed by atoms with Crippen molar-refractivity contribution in [1.29, 1.82) is 0 Å². The van der Waals surface area contributed by atoms with E-state index in [-0.39, 0.29) is 12.5 Å². The third kappa shape index (κ3) is 4.38. The molecule has 0 aliphatic heterocycles. The van der Waals surface area contributed by atoms with Gasteiger partial charge < -0.3 is 9.64 Å². The van der Waals surface area contributed by atoms with E-state index in [2.05, 4.69) is 9.97 Å². The molecule has 0 saturated carbocycles. The number of thiazole rings is 1. The van der Waals surface area contributed by atoms with Crippen LogP contribution in [0.5, 0.6) is 0 Å². The molecule has 0 fully saturated rings. The molecule has 0 aliphatic carbocycles. The zero-order valence-electron chi connectivity index (χ0n) is 15.1. The summed E-state index contributed by atoms with van der Waals surface area (Å²) in [5, 5.41) is 0.644. The van der Waals surface area contributed by atoms with E-state index in [4.69, 9.17) is 4.74 Å². The Kier molecular flexibility index (Phi) is 5.93. The SMILES string of the molecule is CCN(C(=O)COC(=O)c1sc(-c2ccccn2)nc1C)c1ccccc1. The van der Waals surface area contributed by atoms with Gasteiger partial charge in [-0.15, -0.1) is 11.3 Å². The minimum Gasteiger partial charge on any atom is -0.451 e. The number of hydrogen-bond donors (Lipinski definition) is 0. The van der Waals surface area contributed by atoms with Gasteiger partial charge in [0.05, 0.1) is 11.4 Å². The quantitative estimate of drug-likeness (QED) is 0.609. The lowest BCUT2D eigenvalue weighted by molar-refractivity contribution is -0.121. The van der Waals surface area contributed by atoms with Crippen LogP contribution in [0.3, 0.4) is 0 Å². The number of ether oxygens (including phenoxy) is 1. The molecule has 0 bridgehead atoms. The Morgan fingerprint density at radius 1 is 1.11 bits per heavy atom. The molecule has 0 saturated heterocycles. The van der Waals surface area contributed by atoms with Crippen LogP contribution >= 0.6 is 11.3 Å². The lowest BCUT2D eigenvalue weighted by Gasteiger charge is -2.20. The molecular formula is C20H19N3O3S. The van der Waals surface area contributed by atoms with E-state index < -0.39 is 5.97 Å². The molecule has 0 radical (unpaired) electrons. The Morgan fingerprint density at radius 2 is 1.85 bits per heavy atom. The molecule has 6 nitrogen and oxygen atoms in total. The summed E-state index contributed by atoms with van der Waals surface area (Å²) in [6, 6.07) is 14.8. The number of hydrogen-bond acceptors (Lipinski definition) is 6. The smallest absolute Gasteiger partial charge is 0.350 e. The molecule has 7 heteroatoms. The van der Waals surface area contributed by atoms with Crippen LogP contribution in [0.4, 0.5) is 5.69 Å². The molecule has 2 aromatic heterocycles. The maximum Gasteiger partial charge on any atom is 0.350 e. The van der Waals surface area contributed by atoms with Gasteiger partial charge in [0.2, 0.25) is 0 Å². The number of para-hydroxylation sites is 1. The van der Waals surface area contributed by atoms with Crippen molar-refractivity contribution >= 4 is 28.9 Å². The zero-order valence-corrected chi connectivity index (χ0v) is 15.9. The first-order valence-corrected chi connectivity index (χ1v) is 9.33. The number of likely N-dealkylation sites (N-methyl/N-ethyl adjacent to an activating group) is 1. The van der Waals surface area contributed by atoms with Crippen LogP contribution in [0.1, 0.15) is 22.3 Å². The zero-order chi connectivity index (χ0) is 19.2. The average Bonchev–Trinajstić information content (AvgIpc) is 3.10. The molecule has 0 N–H and O–H groups in total. The van der Waals surface area contributed by atoms with Crippen molar-refractivity contribution in [1.82, 2.24) is 9.97 Å². The van der Waals surface area contributed by atoms with Gasteiger partial charge >= 0.3 is 5.97 Å². The molecule has 2 heterocycles. The summed E-state index contributed by atoms with van der Waals surface area (Å²) in [7, 11) is 0. The Hall–Kier alpha value is -3.06. The number of pyridine rings is 1. The van der Waals surface area contributed by atoms with Gasteiger partial charge in [0.15, 0.2) is 6.61 Å². The molecule has 0 spiro atoms. The van der Waals surface area contributed by atoms with E-state index in [0.29, 0.717) is 27.8 Å². The first kappa shape index (κ1) is 18.7. The predicted molar refractivity (Wildman–Crippen MR) is 105 cm³/mol. The maximum atomic E-state index is 12.4. The van der Waals surface area contributed by atoms with Crippen molar-refractivity contribution in [2.75, 3.05) is 18.1 Å². The van der Waals surface area contributed by atoms with Gasteiger partial charge in [0.25, 0.3) is 5.91 Å². The number of carbonyl (C=O) groups excluding carboxylic acids is 2. The second-order valence-corrected chi connectivity index (χ2v) is 6.70. The number of anilines is 1. The largest absolute Gasteiger partial charge is 0.451 e. The number of rotatable bonds is 6. The van der Waals surface area contributed by atoms with Crippen LogP contribution in [-0.4, -0.2) is 35.0 Å². The molecule has 0 unspecified atom stereocenters. The highest BCUT2D eigenvalue weighted by molar-refractivity contribution is 7.17. The standard InChI is InChI=1S/C20H19N3O3S/c1-3-23(15-9-5-4-6-10-15)17(24)13-26-20(25)18-14(2)22-19(27-18)16-11-7-8-12-21-16/h4-12H,3,13H2,1-2H3. The fourth-order valence-corrected chi connectivity index (χ4v) is 3.50. The molecule has 138 valence electrons. The lowest BCUT2D eigenvalue weighted by atomic mass is 10.3. The third-order valence-corrected chi connectivity index (χ3v) is 5.04. The normalized spacial score (nSPS) is 10.4. The molecular weight excluding hydrogens is 362 g/mol. The molecule has 1 aromatic carbocycles. The summed E-state index contributed by atoms with van der Waals surface area (Å²) in [6.45, 7) is 3.78. The fourth-order valence-electron chi connectivity index (χ4n) is 2.57. The number of amides is 1. The average molecular weight is 381 g/mol. The molecule has 27 heavy (non-hydrogen) atoms. The van der Waals surface area contributed by atoms with E-state index in [1.165, 1.54) is 11.3 Å². The molecule has 3 aromatic rings. The monoisotopic (exact) mass is 381 g/mol. The van der Waals surface area contributed by atoms with E-state index in [9.17, 15) is 9.59 Å². The molecule has 1 amide bonds. The minimum absolute atomic E-state index is 0.274.